The van der Waals surface area contributed by atoms with Gasteiger partial charge in [-0.15, -0.1) is 0 Å². The molecule has 30 heavy (non-hydrogen) atoms. The highest BCUT2D eigenvalue weighted by molar-refractivity contribution is 5.83. The lowest BCUT2D eigenvalue weighted by Gasteiger charge is -2.22. The van der Waals surface area contributed by atoms with E-state index in [1.165, 1.54) is 16.8 Å². The van der Waals surface area contributed by atoms with Crippen LogP contribution in [-0.4, -0.2) is 51.7 Å². The van der Waals surface area contributed by atoms with Gasteiger partial charge >= 0.3 is 0 Å². The van der Waals surface area contributed by atoms with Gasteiger partial charge in [-0.25, -0.2) is 9.07 Å². The van der Waals surface area contributed by atoms with E-state index in [1.54, 1.807) is 18.2 Å². The molecule has 1 amide bonds. The van der Waals surface area contributed by atoms with Gasteiger partial charge < -0.3 is 4.90 Å². The molecule has 1 aliphatic rings. The Labute approximate surface area is 174 Å². The smallest absolute Gasteiger partial charge is 0.275 e. The second-order valence-electron chi connectivity index (χ2n) is 7.73. The molecule has 1 saturated heterocycles. The van der Waals surface area contributed by atoms with E-state index in [0.717, 1.165) is 42.7 Å². The van der Waals surface area contributed by atoms with E-state index in [0.29, 0.717) is 18.5 Å². The first-order valence-corrected chi connectivity index (χ1v) is 10.2. The van der Waals surface area contributed by atoms with Crippen LogP contribution in [0.1, 0.15) is 17.7 Å². The molecule has 2 heterocycles. The summed E-state index contributed by atoms with van der Waals surface area (Å²) in [7, 11) is 0. The van der Waals surface area contributed by atoms with Crippen LogP contribution in [0.15, 0.2) is 53.3 Å². The monoisotopic (exact) mass is 408 g/mol. The summed E-state index contributed by atoms with van der Waals surface area (Å²) in [5, 5.41) is 5.75. The first-order valence-electron chi connectivity index (χ1n) is 10.2. The zero-order valence-electron chi connectivity index (χ0n) is 17.1. The van der Waals surface area contributed by atoms with Crippen LogP contribution in [0.5, 0.6) is 0 Å². The minimum absolute atomic E-state index is 0.0531. The van der Waals surface area contributed by atoms with Crippen LogP contribution in [-0.2, 0) is 17.9 Å². The molecule has 156 valence electrons. The molecule has 7 heteroatoms. The molecule has 0 atom stereocenters. The number of benzene rings is 2. The molecule has 0 bridgehead atoms. The van der Waals surface area contributed by atoms with E-state index in [2.05, 4.69) is 10.00 Å². The summed E-state index contributed by atoms with van der Waals surface area (Å²) in [6.45, 7) is 5.38. The third-order valence-corrected chi connectivity index (χ3v) is 5.60. The van der Waals surface area contributed by atoms with Gasteiger partial charge in [-0.3, -0.25) is 14.5 Å². The fraction of sp³-hybridized carbons (Fsp3) is 0.348. The molecule has 0 saturated carbocycles. The summed E-state index contributed by atoms with van der Waals surface area (Å²) in [6, 6.07) is 13.9. The number of carbonyl (C=O) groups excluding carboxylic acids is 1. The molecule has 1 aliphatic heterocycles. The summed E-state index contributed by atoms with van der Waals surface area (Å²) >= 11 is 0. The maximum absolute atomic E-state index is 13.1. The van der Waals surface area contributed by atoms with Crippen LogP contribution in [0.4, 0.5) is 4.39 Å². The van der Waals surface area contributed by atoms with Crippen molar-refractivity contribution >= 4 is 16.7 Å². The van der Waals surface area contributed by atoms with Gasteiger partial charge in [-0.1, -0.05) is 30.3 Å². The number of nitrogens with zero attached hydrogens (tertiary/aromatic N) is 4. The maximum atomic E-state index is 13.1. The second kappa shape index (κ2) is 8.75. The Morgan fingerprint density at radius 1 is 1.00 bits per heavy atom. The van der Waals surface area contributed by atoms with Gasteiger partial charge in [0, 0.05) is 38.1 Å². The van der Waals surface area contributed by atoms with Gasteiger partial charge in [0.05, 0.1) is 11.1 Å². The summed E-state index contributed by atoms with van der Waals surface area (Å²) in [4.78, 5) is 29.7. The Morgan fingerprint density at radius 2 is 1.73 bits per heavy atom. The normalized spacial score (nSPS) is 15.3. The molecular weight excluding hydrogens is 383 g/mol. The molecule has 0 unspecified atom stereocenters. The number of hydrogen-bond acceptors (Lipinski definition) is 4. The van der Waals surface area contributed by atoms with Gasteiger partial charge in [0.1, 0.15) is 12.4 Å². The van der Waals surface area contributed by atoms with E-state index in [9.17, 15) is 14.0 Å². The molecule has 1 aromatic heterocycles. The van der Waals surface area contributed by atoms with Crippen molar-refractivity contribution in [2.45, 2.75) is 26.4 Å². The Bertz CT molecular complexity index is 1110. The van der Waals surface area contributed by atoms with Crippen LogP contribution in [0, 0.1) is 12.7 Å². The number of aryl methyl sites for hydroxylation is 1. The standard InChI is InChI=1S/C23H25FN4O2/c1-17-20-5-2-3-6-21(20)23(30)28(25-17)16-22(29)27-12-4-11-26(13-14-27)15-18-7-9-19(24)10-8-18/h2-3,5-10H,4,11-16H2,1H3. The first kappa shape index (κ1) is 20.2. The number of hydrogen-bond donors (Lipinski definition) is 0. The average Bonchev–Trinajstić information content (AvgIpc) is 2.99. The average molecular weight is 408 g/mol. The lowest BCUT2D eigenvalue weighted by molar-refractivity contribution is -0.132. The fourth-order valence-electron chi connectivity index (χ4n) is 3.97. The third-order valence-electron chi connectivity index (χ3n) is 5.60. The number of aromatic nitrogens is 2. The van der Waals surface area contributed by atoms with E-state index >= 15 is 0 Å². The van der Waals surface area contributed by atoms with Gasteiger partial charge in [-0.05, 0) is 37.1 Å². The lowest BCUT2D eigenvalue weighted by Crippen LogP contribution is -2.39. The highest BCUT2D eigenvalue weighted by atomic mass is 19.1. The quantitative estimate of drug-likeness (QED) is 0.666. The summed E-state index contributed by atoms with van der Waals surface area (Å²) in [6.07, 6.45) is 0.853. The summed E-state index contributed by atoms with van der Waals surface area (Å²) < 4.78 is 14.4. The summed E-state index contributed by atoms with van der Waals surface area (Å²) in [5.41, 5.74) is 1.55. The second-order valence-corrected chi connectivity index (χ2v) is 7.73. The van der Waals surface area contributed by atoms with Gasteiger partial charge in [0.15, 0.2) is 0 Å². The van der Waals surface area contributed by atoms with Crippen molar-refractivity contribution in [1.82, 2.24) is 19.6 Å². The minimum atomic E-state index is -0.239. The van der Waals surface area contributed by atoms with Crippen LogP contribution in [0.2, 0.25) is 0 Å². The van der Waals surface area contributed by atoms with Crippen molar-refractivity contribution in [3.8, 4) is 0 Å². The minimum Gasteiger partial charge on any atom is -0.340 e. The molecule has 1 fully saturated rings. The van der Waals surface area contributed by atoms with Crippen molar-refractivity contribution in [1.29, 1.82) is 0 Å². The van der Waals surface area contributed by atoms with Crippen molar-refractivity contribution in [2.75, 3.05) is 26.2 Å². The van der Waals surface area contributed by atoms with E-state index in [4.69, 9.17) is 0 Å². The van der Waals surface area contributed by atoms with Crippen LogP contribution >= 0.6 is 0 Å². The van der Waals surface area contributed by atoms with Crippen molar-refractivity contribution < 1.29 is 9.18 Å². The van der Waals surface area contributed by atoms with Gasteiger partial charge in [0.2, 0.25) is 5.91 Å². The lowest BCUT2D eigenvalue weighted by atomic mass is 10.1. The summed E-state index contributed by atoms with van der Waals surface area (Å²) in [5.74, 6) is -0.331. The zero-order valence-corrected chi connectivity index (χ0v) is 17.1. The topological polar surface area (TPSA) is 58.4 Å². The van der Waals surface area contributed by atoms with E-state index in [1.807, 2.05) is 30.0 Å². The van der Waals surface area contributed by atoms with Crippen LogP contribution in [0.3, 0.4) is 0 Å². The number of halogens is 1. The molecule has 2 aromatic carbocycles. The van der Waals surface area contributed by atoms with E-state index < -0.39 is 0 Å². The molecular formula is C23H25FN4O2. The number of fused-ring (bicyclic) bond motifs is 1. The third kappa shape index (κ3) is 4.41. The van der Waals surface area contributed by atoms with E-state index in [-0.39, 0.29) is 23.8 Å². The molecule has 4 rings (SSSR count). The largest absolute Gasteiger partial charge is 0.340 e. The van der Waals surface area contributed by atoms with Crippen LogP contribution in [0.25, 0.3) is 10.8 Å². The molecule has 0 aliphatic carbocycles. The fourth-order valence-corrected chi connectivity index (χ4v) is 3.97. The zero-order chi connectivity index (χ0) is 21.1. The predicted octanol–water partition coefficient (Wildman–Crippen LogP) is 2.58. The molecule has 0 N–H and O–H groups in total. The molecule has 3 aromatic rings. The Morgan fingerprint density at radius 3 is 2.50 bits per heavy atom. The Hall–Kier alpha value is -3.06. The van der Waals surface area contributed by atoms with Gasteiger partial charge in [0.25, 0.3) is 5.56 Å². The first-order chi connectivity index (χ1) is 14.5. The SMILES string of the molecule is Cc1nn(CC(=O)N2CCCN(Cc3ccc(F)cc3)CC2)c(=O)c2ccccc12. The van der Waals surface area contributed by atoms with Crippen molar-refractivity contribution in [3.63, 3.8) is 0 Å². The highest BCUT2D eigenvalue weighted by Crippen LogP contribution is 2.13. The van der Waals surface area contributed by atoms with Crippen molar-refractivity contribution in [2.24, 2.45) is 0 Å². The predicted molar refractivity (Wildman–Crippen MR) is 114 cm³/mol. The van der Waals surface area contributed by atoms with Crippen molar-refractivity contribution in [3.05, 3.63) is 76.0 Å². The molecule has 0 radical (unpaired) electrons. The molecule has 6 nitrogen and oxygen atoms in total. The van der Waals surface area contributed by atoms with Crippen LogP contribution < -0.4 is 5.56 Å². The number of carbonyl (C=O) groups is 1. The number of rotatable bonds is 4. The highest BCUT2D eigenvalue weighted by Gasteiger charge is 2.21. The maximum Gasteiger partial charge on any atom is 0.275 e. The Balaban J connectivity index is 1.42. The molecule has 0 spiro atoms. The number of amides is 1. The van der Waals surface area contributed by atoms with Gasteiger partial charge in [-0.2, -0.15) is 5.10 Å². The Kier molecular flexibility index (Phi) is 5.90.